The second kappa shape index (κ2) is 10.4. The number of urea groups is 1. The number of nitrogens with zero attached hydrogens (tertiary/aromatic N) is 1. The summed E-state index contributed by atoms with van der Waals surface area (Å²) in [5.74, 6) is 0.699. The van der Waals surface area contributed by atoms with Crippen molar-refractivity contribution in [3.05, 3.63) is 73.4 Å². The number of rotatable bonds is 8. The third-order valence-corrected chi connectivity index (χ3v) is 5.82. The normalized spacial score (nSPS) is 14.7. The van der Waals surface area contributed by atoms with Crippen molar-refractivity contribution in [1.82, 2.24) is 10.2 Å². The number of benzene rings is 2. The Balaban J connectivity index is 1.86. The molecule has 2 aromatic carbocycles. The average molecular weight is 573 g/mol. The number of imide groups is 1. The zero-order chi connectivity index (χ0) is 22.5. The first kappa shape index (κ1) is 23.4. The third-order valence-electron chi connectivity index (χ3n) is 4.28. The number of hydrogen-bond donors (Lipinski definition) is 1. The number of ether oxygens (including phenoxy) is 2. The molecule has 1 saturated heterocycles. The highest BCUT2D eigenvalue weighted by Gasteiger charge is 2.32. The van der Waals surface area contributed by atoms with E-state index in [2.05, 4.69) is 34.5 Å². The van der Waals surface area contributed by atoms with Crippen LogP contribution in [0.15, 0.2) is 48.7 Å². The molecule has 1 aliphatic rings. The van der Waals surface area contributed by atoms with E-state index < -0.39 is 11.9 Å². The molecule has 0 unspecified atom stereocenters. The second-order valence-electron chi connectivity index (χ2n) is 6.49. The zero-order valence-electron chi connectivity index (χ0n) is 16.6. The maximum atomic E-state index is 12.4. The molecular weight excluding hydrogens is 554 g/mol. The van der Waals surface area contributed by atoms with Gasteiger partial charge in [0.25, 0.3) is 5.91 Å². The zero-order valence-corrected chi connectivity index (χ0v) is 20.3. The van der Waals surface area contributed by atoms with Gasteiger partial charge >= 0.3 is 6.03 Å². The molecule has 162 valence electrons. The molecule has 0 bridgehead atoms. The second-order valence-corrected chi connectivity index (χ2v) is 8.47. The first-order chi connectivity index (χ1) is 14.8. The van der Waals surface area contributed by atoms with E-state index >= 15 is 0 Å². The van der Waals surface area contributed by atoms with Crippen LogP contribution >= 0.6 is 45.8 Å². The van der Waals surface area contributed by atoms with Crippen LogP contribution in [-0.4, -0.2) is 30.0 Å². The van der Waals surface area contributed by atoms with Crippen molar-refractivity contribution in [2.75, 3.05) is 13.2 Å². The summed E-state index contributed by atoms with van der Waals surface area (Å²) in [6.45, 7) is 6.29. The van der Waals surface area contributed by atoms with E-state index in [1.54, 1.807) is 24.3 Å². The van der Waals surface area contributed by atoms with Crippen LogP contribution in [0.4, 0.5) is 4.79 Å². The molecule has 0 saturated carbocycles. The van der Waals surface area contributed by atoms with Crippen molar-refractivity contribution < 1.29 is 19.1 Å². The Hall–Kier alpha value is -2.23. The number of halogens is 3. The van der Waals surface area contributed by atoms with Crippen molar-refractivity contribution >= 4 is 63.8 Å². The van der Waals surface area contributed by atoms with Crippen LogP contribution in [0.1, 0.15) is 18.1 Å². The summed E-state index contributed by atoms with van der Waals surface area (Å²) in [4.78, 5) is 25.5. The van der Waals surface area contributed by atoms with Gasteiger partial charge in [0.2, 0.25) is 0 Å². The Bertz CT molecular complexity index is 1070. The molecule has 1 fully saturated rings. The van der Waals surface area contributed by atoms with Crippen LogP contribution in [-0.2, 0) is 11.4 Å². The van der Waals surface area contributed by atoms with Gasteiger partial charge in [-0.05, 0) is 71.0 Å². The molecule has 31 heavy (non-hydrogen) atoms. The van der Waals surface area contributed by atoms with E-state index in [0.717, 1.165) is 14.0 Å². The van der Waals surface area contributed by atoms with Crippen LogP contribution in [0.5, 0.6) is 11.5 Å². The molecule has 9 heteroatoms. The van der Waals surface area contributed by atoms with Crippen LogP contribution in [0.3, 0.4) is 0 Å². The minimum atomic E-state index is -0.475. The predicted octanol–water partition coefficient (Wildman–Crippen LogP) is 5.65. The number of carbonyl (C=O) groups is 2. The fourth-order valence-corrected chi connectivity index (χ4v) is 3.99. The number of carbonyl (C=O) groups excluding carboxylic acids is 2. The summed E-state index contributed by atoms with van der Waals surface area (Å²) in [5, 5.41) is 3.52. The number of nitrogens with one attached hydrogen (secondary N) is 1. The molecule has 1 aliphatic heterocycles. The van der Waals surface area contributed by atoms with Crippen LogP contribution < -0.4 is 14.8 Å². The van der Waals surface area contributed by atoms with E-state index in [-0.39, 0.29) is 18.8 Å². The summed E-state index contributed by atoms with van der Waals surface area (Å²) in [6.07, 6.45) is 3.10. The van der Waals surface area contributed by atoms with Crippen molar-refractivity contribution in [3.8, 4) is 11.5 Å². The van der Waals surface area contributed by atoms with Gasteiger partial charge < -0.3 is 14.8 Å². The lowest BCUT2D eigenvalue weighted by atomic mass is 10.1. The summed E-state index contributed by atoms with van der Waals surface area (Å²) in [7, 11) is 0. The molecule has 2 aromatic rings. The summed E-state index contributed by atoms with van der Waals surface area (Å²) in [6, 6.07) is 8.43. The van der Waals surface area contributed by atoms with E-state index in [1.807, 2.05) is 19.1 Å². The number of hydrogen-bond acceptors (Lipinski definition) is 4. The molecular formula is C22H19Cl2IN2O4. The fourth-order valence-electron chi connectivity index (χ4n) is 2.89. The van der Waals surface area contributed by atoms with E-state index in [9.17, 15) is 9.59 Å². The van der Waals surface area contributed by atoms with Crippen molar-refractivity contribution in [3.63, 3.8) is 0 Å². The molecule has 1 heterocycles. The molecule has 0 radical (unpaired) electrons. The Morgan fingerprint density at radius 2 is 1.94 bits per heavy atom. The minimum Gasteiger partial charge on any atom is -0.490 e. The highest BCUT2D eigenvalue weighted by atomic mass is 127. The Morgan fingerprint density at radius 3 is 2.61 bits per heavy atom. The van der Waals surface area contributed by atoms with Gasteiger partial charge in [0, 0.05) is 6.54 Å². The summed E-state index contributed by atoms with van der Waals surface area (Å²) in [5.41, 5.74) is 1.74. The predicted molar refractivity (Wildman–Crippen MR) is 130 cm³/mol. The van der Waals surface area contributed by atoms with Gasteiger partial charge in [0.15, 0.2) is 11.5 Å². The molecule has 6 nitrogen and oxygen atoms in total. The van der Waals surface area contributed by atoms with Gasteiger partial charge in [-0.1, -0.05) is 35.3 Å². The lowest BCUT2D eigenvalue weighted by molar-refractivity contribution is -0.122. The van der Waals surface area contributed by atoms with E-state index in [0.29, 0.717) is 33.7 Å². The topological polar surface area (TPSA) is 67.9 Å². The Labute approximate surface area is 203 Å². The van der Waals surface area contributed by atoms with Crippen molar-refractivity contribution in [2.45, 2.75) is 13.5 Å². The highest BCUT2D eigenvalue weighted by Crippen LogP contribution is 2.36. The van der Waals surface area contributed by atoms with Gasteiger partial charge in [-0.25, -0.2) is 4.79 Å². The van der Waals surface area contributed by atoms with Gasteiger partial charge in [0.1, 0.15) is 12.3 Å². The van der Waals surface area contributed by atoms with E-state index in [4.69, 9.17) is 32.7 Å². The molecule has 0 aliphatic carbocycles. The first-order valence-corrected chi connectivity index (χ1v) is 11.2. The lowest BCUT2D eigenvalue weighted by Gasteiger charge is -2.15. The summed E-state index contributed by atoms with van der Waals surface area (Å²) >= 11 is 14.2. The molecule has 3 amide bonds. The standard InChI is InChI=1S/C22H19Cl2IN2O4/c1-3-7-27-21(28)18(26-22(27)29)10-14-9-17(25)20(19(11-14)30-4-2)31-12-13-5-6-15(23)16(24)8-13/h3,5-6,8-11H,1,4,7,12H2,2H3,(H,26,29)/b18-10+. The van der Waals surface area contributed by atoms with Crippen LogP contribution in [0.25, 0.3) is 6.08 Å². The molecule has 3 rings (SSSR count). The van der Waals surface area contributed by atoms with E-state index in [1.165, 1.54) is 6.08 Å². The van der Waals surface area contributed by atoms with Gasteiger partial charge in [0.05, 0.1) is 20.2 Å². The molecule has 0 spiro atoms. The van der Waals surface area contributed by atoms with Crippen molar-refractivity contribution in [2.24, 2.45) is 0 Å². The molecule has 0 aromatic heterocycles. The minimum absolute atomic E-state index is 0.144. The average Bonchev–Trinajstić information content (AvgIpc) is 2.98. The molecule has 0 atom stereocenters. The smallest absolute Gasteiger partial charge is 0.329 e. The van der Waals surface area contributed by atoms with Gasteiger partial charge in [-0.3, -0.25) is 9.69 Å². The Morgan fingerprint density at radius 1 is 1.16 bits per heavy atom. The SMILES string of the molecule is C=CCN1C(=O)N/C(=C/c2cc(I)c(OCc3ccc(Cl)c(Cl)c3)c(OCC)c2)C1=O. The maximum Gasteiger partial charge on any atom is 0.329 e. The summed E-state index contributed by atoms with van der Waals surface area (Å²) < 4.78 is 12.5. The van der Waals surface area contributed by atoms with Crippen LogP contribution in [0.2, 0.25) is 10.0 Å². The van der Waals surface area contributed by atoms with Gasteiger partial charge in [-0.15, -0.1) is 6.58 Å². The fraction of sp³-hybridized carbons (Fsp3) is 0.182. The van der Waals surface area contributed by atoms with Crippen LogP contribution in [0, 0.1) is 3.57 Å². The first-order valence-electron chi connectivity index (χ1n) is 9.32. The molecule has 1 N–H and O–H groups in total. The quantitative estimate of drug-likeness (QED) is 0.192. The maximum absolute atomic E-state index is 12.4. The monoisotopic (exact) mass is 572 g/mol. The van der Waals surface area contributed by atoms with Crippen molar-refractivity contribution in [1.29, 1.82) is 0 Å². The highest BCUT2D eigenvalue weighted by molar-refractivity contribution is 14.1. The third kappa shape index (κ3) is 5.53. The number of amides is 3. The van der Waals surface area contributed by atoms with Gasteiger partial charge in [-0.2, -0.15) is 0 Å². The lowest BCUT2D eigenvalue weighted by Crippen LogP contribution is -2.30. The largest absolute Gasteiger partial charge is 0.490 e. The Kier molecular flexibility index (Phi) is 7.85.